The van der Waals surface area contributed by atoms with Crippen LogP contribution in [0.15, 0.2) is 89.8 Å². The number of carbonyl (C=O) groups is 2. The average Bonchev–Trinajstić information content (AvgIpc) is 2.79. The fourth-order valence-electron chi connectivity index (χ4n) is 3.21. The Morgan fingerprint density at radius 2 is 1.45 bits per heavy atom. The van der Waals surface area contributed by atoms with Crippen LogP contribution in [-0.2, 0) is 10.8 Å². The highest BCUT2D eigenvalue weighted by Gasteiger charge is 2.25. The van der Waals surface area contributed by atoms with Crippen LogP contribution in [0.3, 0.4) is 0 Å². The molecule has 3 aromatic rings. The number of hydrogen-bond donors (Lipinski definition) is 1. The van der Waals surface area contributed by atoms with Crippen LogP contribution in [0.2, 0.25) is 0 Å². The van der Waals surface area contributed by atoms with Crippen LogP contribution in [0.5, 0.6) is 0 Å². The molecule has 0 heterocycles. The summed E-state index contributed by atoms with van der Waals surface area (Å²) in [5, 5.41) is 2.21. The summed E-state index contributed by atoms with van der Waals surface area (Å²) in [7, 11) is 0.0591. The van der Waals surface area contributed by atoms with Crippen LogP contribution in [0.4, 0.5) is 0 Å². The maximum Gasteiger partial charge on any atom is 0.252 e. The third kappa shape index (κ3) is 5.06. The molecule has 0 aliphatic carbocycles. The third-order valence-corrected chi connectivity index (χ3v) is 6.55. The summed E-state index contributed by atoms with van der Waals surface area (Å²) in [5.41, 5.74) is 1.93. The largest absolute Gasteiger partial charge is 0.355 e. The molecule has 148 valence electrons. The van der Waals surface area contributed by atoms with Crippen LogP contribution in [0, 0.1) is 0 Å². The Hall–Kier alpha value is -3.05. The number of nitrogens with one attached hydrogen (secondary N) is 1. The van der Waals surface area contributed by atoms with E-state index in [9.17, 15) is 13.8 Å². The van der Waals surface area contributed by atoms with Gasteiger partial charge in [-0.05, 0) is 24.1 Å². The van der Waals surface area contributed by atoms with E-state index in [1.54, 1.807) is 43.4 Å². The summed E-state index contributed by atoms with van der Waals surface area (Å²) >= 11 is 0. The highest BCUT2D eigenvalue weighted by Crippen LogP contribution is 2.31. The summed E-state index contributed by atoms with van der Waals surface area (Å²) in [6.45, 7) is 0. The van der Waals surface area contributed by atoms with Crippen molar-refractivity contribution in [3.05, 3.63) is 102 Å². The van der Waals surface area contributed by atoms with E-state index in [0.717, 1.165) is 5.56 Å². The van der Waals surface area contributed by atoms with E-state index in [0.29, 0.717) is 22.4 Å². The highest BCUT2D eigenvalue weighted by molar-refractivity contribution is 7.85. The predicted molar refractivity (Wildman–Crippen MR) is 115 cm³/mol. The Balaban J connectivity index is 1.90. The second-order valence-electron chi connectivity index (χ2n) is 6.60. The molecule has 29 heavy (non-hydrogen) atoms. The smallest absolute Gasteiger partial charge is 0.252 e. The Kier molecular flexibility index (Phi) is 7.09. The minimum absolute atomic E-state index is 0.0168. The summed E-state index contributed by atoms with van der Waals surface area (Å²) in [6, 6.07) is 25.5. The molecule has 1 unspecified atom stereocenters. The number of ketones is 1. The van der Waals surface area contributed by atoms with Gasteiger partial charge in [0.15, 0.2) is 5.78 Å². The molecule has 0 aliphatic rings. The van der Waals surface area contributed by atoms with Gasteiger partial charge in [0, 0.05) is 19.0 Å². The second-order valence-corrected chi connectivity index (χ2v) is 8.20. The van der Waals surface area contributed by atoms with Crippen LogP contribution in [0.25, 0.3) is 0 Å². The van der Waals surface area contributed by atoms with Crippen molar-refractivity contribution in [2.75, 3.05) is 7.05 Å². The lowest BCUT2D eigenvalue weighted by Gasteiger charge is -2.18. The topological polar surface area (TPSA) is 63.2 Å². The maximum atomic E-state index is 13.6. The van der Waals surface area contributed by atoms with Gasteiger partial charge in [-0.2, -0.15) is 0 Å². The van der Waals surface area contributed by atoms with E-state index >= 15 is 0 Å². The highest BCUT2D eigenvalue weighted by atomic mass is 32.2. The molecule has 4 nitrogen and oxygen atoms in total. The first-order valence-electron chi connectivity index (χ1n) is 9.46. The molecule has 1 N–H and O–H groups in total. The van der Waals surface area contributed by atoms with Gasteiger partial charge in [0.1, 0.15) is 0 Å². The predicted octanol–water partition coefficient (Wildman–Crippen LogP) is 4.56. The molecular weight excluding hydrogens is 382 g/mol. The fourth-order valence-corrected chi connectivity index (χ4v) is 4.85. The van der Waals surface area contributed by atoms with Crippen molar-refractivity contribution >= 4 is 22.5 Å². The van der Waals surface area contributed by atoms with E-state index < -0.39 is 16.0 Å². The van der Waals surface area contributed by atoms with E-state index in [4.69, 9.17) is 0 Å². The molecule has 0 spiro atoms. The molecule has 0 aliphatic heterocycles. The number of Topliss-reactive ketones (excluding diaryl/α,β-unsaturated/α-hetero) is 1. The SMILES string of the molecule is CNC(=O)c1ccccc1S(=O)[C@H](CCC(=O)c1ccccc1)c1ccccc1. The van der Waals surface area contributed by atoms with Gasteiger partial charge < -0.3 is 5.32 Å². The quantitative estimate of drug-likeness (QED) is 0.559. The van der Waals surface area contributed by atoms with E-state index in [-0.39, 0.29) is 18.1 Å². The van der Waals surface area contributed by atoms with Crippen molar-refractivity contribution in [2.45, 2.75) is 23.0 Å². The van der Waals surface area contributed by atoms with Crippen LogP contribution >= 0.6 is 0 Å². The second kappa shape index (κ2) is 9.94. The van der Waals surface area contributed by atoms with Crippen LogP contribution in [0.1, 0.15) is 44.4 Å². The number of benzene rings is 3. The van der Waals surface area contributed by atoms with Crippen molar-refractivity contribution in [1.82, 2.24) is 5.32 Å². The molecule has 0 saturated carbocycles. The number of amides is 1. The zero-order chi connectivity index (χ0) is 20.6. The average molecular weight is 406 g/mol. The molecule has 3 aromatic carbocycles. The molecule has 0 fully saturated rings. The van der Waals surface area contributed by atoms with Crippen LogP contribution in [-0.4, -0.2) is 22.9 Å². The standard InChI is InChI=1S/C24H23NO3S/c1-25-24(27)20-14-8-9-15-23(20)29(28)22(19-12-6-3-7-13-19)17-16-21(26)18-10-4-2-5-11-18/h2-15,22H,16-17H2,1H3,(H,25,27)/t22-,29?/m1/s1. The summed E-state index contributed by atoms with van der Waals surface area (Å²) in [4.78, 5) is 25.3. The van der Waals surface area contributed by atoms with Gasteiger partial charge in [0.05, 0.1) is 26.5 Å². The molecule has 3 rings (SSSR count). The molecule has 0 saturated heterocycles. The summed E-state index contributed by atoms with van der Waals surface area (Å²) in [6.07, 6.45) is 0.698. The number of carbonyl (C=O) groups excluding carboxylic acids is 2. The molecule has 5 heteroatoms. The maximum absolute atomic E-state index is 13.6. The first-order chi connectivity index (χ1) is 14.1. The Morgan fingerprint density at radius 1 is 0.862 bits per heavy atom. The normalized spacial score (nSPS) is 12.7. The van der Waals surface area contributed by atoms with Gasteiger partial charge >= 0.3 is 0 Å². The molecular formula is C24H23NO3S. The minimum Gasteiger partial charge on any atom is -0.355 e. The van der Waals surface area contributed by atoms with Crippen molar-refractivity contribution < 1.29 is 13.8 Å². The van der Waals surface area contributed by atoms with Crippen molar-refractivity contribution in [3.8, 4) is 0 Å². The van der Waals surface area contributed by atoms with Crippen molar-refractivity contribution in [2.24, 2.45) is 0 Å². The number of rotatable bonds is 8. The van der Waals surface area contributed by atoms with E-state index in [2.05, 4.69) is 5.32 Å². The van der Waals surface area contributed by atoms with E-state index in [1.807, 2.05) is 48.5 Å². The minimum atomic E-state index is -1.49. The third-order valence-electron chi connectivity index (χ3n) is 4.73. The van der Waals surface area contributed by atoms with Gasteiger partial charge in [-0.15, -0.1) is 0 Å². The lowest BCUT2D eigenvalue weighted by Crippen LogP contribution is -2.21. The first kappa shape index (κ1) is 20.7. The van der Waals surface area contributed by atoms with Crippen molar-refractivity contribution in [3.63, 3.8) is 0 Å². The Bertz CT molecular complexity index is 1000. The monoisotopic (exact) mass is 405 g/mol. The summed E-state index contributed by atoms with van der Waals surface area (Å²) < 4.78 is 13.6. The van der Waals surface area contributed by atoms with Gasteiger partial charge in [-0.25, -0.2) is 0 Å². The van der Waals surface area contributed by atoms with Crippen LogP contribution < -0.4 is 5.32 Å². The van der Waals surface area contributed by atoms with Gasteiger partial charge in [-0.3, -0.25) is 13.8 Å². The zero-order valence-electron chi connectivity index (χ0n) is 16.2. The Morgan fingerprint density at radius 3 is 2.10 bits per heavy atom. The lowest BCUT2D eigenvalue weighted by atomic mass is 10.0. The molecule has 0 aromatic heterocycles. The first-order valence-corrected chi connectivity index (χ1v) is 10.7. The van der Waals surface area contributed by atoms with E-state index in [1.165, 1.54) is 0 Å². The number of hydrogen-bond acceptors (Lipinski definition) is 3. The lowest BCUT2D eigenvalue weighted by molar-refractivity contribution is 0.0956. The van der Waals surface area contributed by atoms with Gasteiger partial charge in [0.25, 0.3) is 5.91 Å². The van der Waals surface area contributed by atoms with Crippen molar-refractivity contribution in [1.29, 1.82) is 0 Å². The Labute approximate surface area is 173 Å². The zero-order valence-corrected chi connectivity index (χ0v) is 17.0. The molecule has 0 bridgehead atoms. The summed E-state index contributed by atoms with van der Waals surface area (Å²) in [5.74, 6) is -0.260. The van der Waals surface area contributed by atoms with Gasteiger partial charge in [0.2, 0.25) is 0 Å². The molecule has 2 atom stereocenters. The molecule has 1 amide bonds. The van der Waals surface area contributed by atoms with Gasteiger partial charge in [-0.1, -0.05) is 72.8 Å². The fraction of sp³-hybridized carbons (Fsp3) is 0.167. The molecule has 0 radical (unpaired) electrons.